The van der Waals surface area contributed by atoms with Gasteiger partial charge < -0.3 is 11.1 Å². The molecule has 0 aromatic carbocycles. The largest absolute Gasteiger partial charge is 0.356 e. The van der Waals surface area contributed by atoms with Crippen molar-refractivity contribution in [3.8, 4) is 0 Å². The number of carbonyl (C=O) groups is 1. The summed E-state index contributed by atoms with van der Waals surface area (Å²) in [6, 6.07) is 0.119. The molecular weight excluding hydrogens is 164 g/mol. The zero-order valence-corrected chi connectivity index (χ0v) is 7.96. The van der Waals surface area contributed by atoms with E-state index in [1.54, 1.807) is 0 Å². The average Bonchev–Trinajstić information content (AvgIpc) is 2.01. The summed E-state index contributed by atoms with van der Waals surface area (Å²) in [6.07, 6.45) is 5.84. The molecule has 2 aliphatic rings. The fourth-order valence-corrected chi connectivity index (χ4v) is 2.32. The molecule has 13 heavy (non-hydrogen) atoms. The van der Waals surface area contributed by atoms with Crippen LogP contribution in [0.3, 0.4) is 0 Å². The Morgan fingerprint density at radius 2 is 2.08 bits per heavy atom. The highest BCUT2D eigenvalue weighted by Gasteiger charge is 2.35. The van der Waals surface area contributed by atoms with Gasteiger partial charge in [0.15, 0.2) is 0 Å². The minimum absolute atomic E-state index is 0.0963. The molecule has 2 atom stereocenters. The number of carbonyl (C=O) groups excluding carboxylic acids is 1. The Balaban J connectivity index is 1.92. The van der Waals surface area contributed by atoms with E-state index < -0.39 is 0 Å². The monoisotopic (exact) mass is 182 g/mol. The van der Waals surface area contributed by atoms with Gasteiger partial charge in [0.1, 0.15) is 0 Å². The smallest absolute Gasteiger partial charge is 0.224 e. The lowest BCUT2D eigenvalue weighted by Crippen LogP contribution is -2.50. The minimum Gasteiger partial charge on any atom is -0.356 e. The van der Waals surface area contributed by atoms with Crippen LogP contribution in [0.2, 0.25) is 0 Å². The van der Waals surface area contributed by atoms with Gasteiger partial charge in [-0.3, -0.25) is 4.79 Å². The highest BCUT2D eigenvalue weighted by molar-refractivity contribution is 5.80. The van der Waals surface area contributed by atoms with E-state index in [2.05, 4.69) is 5.32 Å². The molecule has 1 amide bonds. The van der Waals surface area contributed by atoms with E-state index >= 15 is 0 Å². The predicted molar refractivity (Wildman–Crippen MR) is 51.1 cm³/mol. The third-order valence-corrected chi connectivity index (χ3v) is 3.49. The molecule has 0 aromatic rings. The Morgan fingerprint density at radius 1 is 1.31 bits per heavy atom. The van der Waals surface area contributed by atoms with Crippen molar-refractivity contribution in [2.75, 3.05) is 6.54 Å². The SMILES string of the molecule is NC(C1CCC1)C1CCCNC1=O. The molecule has 2 rings (SSSR count). The fraction of sp³-hybridized carbons (Fsp3) is 0.900. The van der Waals surface area contributed by atoms with E-state index in [9.17, 15) is 4.79 Å². The first-order valence-corrected chi connectivity index (χ1v) is 5.32. The van der Waals surface area contributed by atoms with Crippen molar-refractivity contribution < 1.29 is 4.79 Å². The molecule has 3 nitrogen and oxygen atoms in total. The summed E-state index contributed by atoms with van der Waals surface area (Å²) in [5, 5.41) is 2.90. The van der Waals surface area contributed by atoms with Crippen LogP contribution in [0.15, 0.2) is 0 Å². The Labute approximate surface area is 79.1 Å². The Morgan fingerprint density at radius 3 is 2.62 bits per heavy atom. The van der Waals surface area contributed by atoms with Gasteiger partial charge in [0.25, 0.3) is 0 Å². The third-order valence-electron chi connectivity index (χ3n) is 3.49. The second-order valence-electron chi connectivity index (χ2n) is 4.31. The zero-order chi connectivity index (χ0) is 9.26. The van der Waals surface area contributed by atoms with Gasteiger partial charge in [0, 0.05) is 12.6 Å². The van der Waals surface area contributed by atoms with Crippen LogP contribution >= 0.6 is 0 Å². The van der Waals surface area contributed by atoms with Gasteiger partial charge in [-0.15, -0.1) is 0 Å². The van der Waals surface area contributed by atoms with E-state index in [-0.39, 0.29) is 17.9 Å². The minimum atomic E-state index is 0.0963. The van der Waals surface area contributed by atoms with Crippen LogP contribution < -0.4 is 11.1 Å². The van der Waals surface area contributed by atoms with E-state index in [0.29, 0.717) is 5.92 Å². The highest BCUT2D eigenvalue weighted by Crippen LogP contribution is 2.33. The molecule has 0 aromatic heterocycles. The number of rotatable bonds is 2. The van der Waals surface area contributed by atoms with Crippen LogP contribution in [0.4, 0.5) is 0 Å². The molecule has 0 bridgehead atoms. The van der Waals surface area contributed by atoms with E-state index in [1.165, 1.54) is 19.3 Å². The van der Waals surface area contributed by atoms with E-state index in [0.717, 1.165) is 19.4 Å². The highest BCUT2D eigenvalue weighted by atomic mass is 16.1. The van der Waals surface area contributed by atoms with Gasteiger partial charge in [-0.1, -0.05) is 6.42 Å². The standard InChI is InChI=1S/C10H18N2O/c11-9(7-3-1-4-7)8-5-2-6-12-10(8)13/h7-9H,1-6,11H2,(H,12,13). The Hall–Kier alpha value is -0.570. The first-order valence-electron chi connectivity index (χ1n) is 5.32. The third kappa shape index (κ3) is 1.70. The number of nitrogens with two attached hydrogens (primary N) is 1. The van der Waals surface area contributed by atoms with Crippen molar-refractivity contribution in [3.05, 3.63) is 0 Å². The summed E-state index contributed by atoms with van der Waals surface area (Å²) in [7, 11) is 0. The van der Waals surface area contributed by atoms with Crippen molar-refractivity contribution in [2.45, 2.75) is 38.1 Å². The molecular formula is C10H18N2O. The molecule has 0 spiro atoms. The lowest BCUT2D eigenvalue weighted by Gasteiger charge is -2.37. The van der Waals surface area contributed by atoms with Gasteiger partial charge in [0.05, 0.1) is 5.92 Å². The summed E-state index contributed by atoms with van der Waals surface area (Å²) in [5.74, 6) is 0.901. The molecule has 1 aliphatic carbocycles. The maximum atomic E-state index is 11.5. The molecule has 74 valence electrons. The van der Waals surface area contributed by atoms with Crippen molar-refractivity contribution >= 4 is 5.91 Å². The summed E-state index contributed by atoms with van der Waals surface area (Å²) in [4.78, 5) is 11.5. The molecule has 1 saturated heterocycles. The Kier molecular flexibility index (Phi) is 2.54. The Bertz CT molecular complexity index is 201. The first-order chi connectivity index (χ1) is 6.29. The molecule has 2 unspecified atom stereocenters. The van der Waals surface area contributed by atoms with Crippen LogP contribution in [-0.4, -0.2) is 18.5 Å². The first kappa shape index (κ1) is 9.00. The van der Waals surface area contributed by atoms with Crippen LogP contribution in [0.1, 0.15) is 32.1 Å². The summed E-state index contributed by atoms with van der Waals surface area (Å²) in [5.41, 5.74) is 6.08. The molecule has 3 N–H and O–H groups in total. The maximum absolute atomic E-state index is 11.5. The van der Waals surface area contributed by atoms with E-state index in [1.807, 2.05) is 0 Å². The van der Waals surface area contributed by atoms with Crippen LogP contribution in [0, 0.1) is 11.8 Å². The number of amides is 1. The molecule has 3 heteroatoms. The fourth-order valence-electron chi connectivity index (χ4n) is 2.32. The molecule has 1 saturated carbocycles. The van der Waals surface area contributed by atoms with Gasteiger partial charge in [-0.2, -0.15) is 0 Å². The number of piperidine rings is 1. The van der Waals surface area contributed by atoms with Gasteiger partial charge in [-0.25, -0.2) is 0 Å². The molecule has 2 fully saturated rings. The van der Waals surface area contributed by atoms with Gasteiger partial charge in [-0.05, 0) is 31.6 Å². The number of hydrogen-bond acceptors (Lipinski definition) is 2. The summed E-state index contributed by atoms with van der Waals surface area (Å²) < 4.78 is 0. The summed E-state index contributed by atoms with van der Waals surface area (Å²) >= 11 is 0. The zero-order valence-electron chi connectivity index (χ0n) is 7.96. The van der Waals surface area contributed by atoms with Crippen molar-refractivity contribution in [3.63, 3.8) is 0 Å². The molecule has 1 aliphatic heterocycles. The van der Waals surface area contributed by atoms with Gasteiger partial charge >= 0.3 is 0 Å². The van der Waals surface area contributed by atoms with Crippen molar-refractivity contribution in [2.24, 2.45) is 17.6 Å². The maximum Gasteiger partial charge on any atom is 0.224 e. The molecule has 0 radical (unpaired) electrons. The lowest BCUT2D eigenvalue weighted by atomic mass is 9.73. The summed E-state index contributed by atoms with van der Waals surface area (Å²) in [6.45, 7) is 0.840. The van der Waals surface area contributed by atoms with Crippen LogP contribution in [-0.2, 0) is 4.79 Å². The quantitative estimate of drug-likeness (QED) is 0.658. The van der Waals surface area contributed by atoms with Crippen molar-refractivity contribution in [1.29, 1.82) is 0 Å². The predicted octanol–water partition coefficient (Wildman–Crippen LogP) is 0.640. The second kappa shape index (κ2) is 3.66. The van der Waals surface area contributed by atoms with Crippen LogP contribution in [0.5, 0.6) is 0 Å². The number of hydrogen-bond donors (Lipinski definition) is 2. The average molecular weight is 182 g/mol. The van der Waals surface area contributed by atoms with Crippen molar-refractivity contribution in [1.82, 2.24) is 5.32 Å². The van der Waals surface area contributed by atoms with Crippen LogP contribution in [0.25, 0.3) is 0 Å². The molecule has 1 heterocycles. The van der Waals surface area contributed by atoms with E-state index in [4.69, 9.17) is 5.73 Å². The lowest BCUT2D eigenvalue weighted by molar-refractivity contribution is -0.128. The topological polar surface area (TPSA) is 55.1 Å². The second-order valence-corrected chi connectivity index (χ2v) is 4.31. The van der Waals surface area contributed by atoms with Gasteiger partial charge in [0.2, 0.25) is 5.91 Å². The normalized spacial score (nSPS) is 32.1. The number of nitrogens with one attached hydrogen (secondary N) is 1.